The van der Waals surface area contributed by atoms with Gasteiger partial charge in [-0.25, -0.2) is 4.98 Å². The van der Waals surface area contributed by atoms with Crippen LogP contribution in [0.15, 0.2) is 30.6 Å². The van der Waals surface area contributed by atoms with Crippen LogP contribution in [-0.4, -0.2) is 21.8 Å². The summed E-state index contributed by atoms with van der Waals surface area (Å²) in [6, 6.07) is 6.60. The van der Waals surface area contributed by atoms with E-state index in [4.69, 9.17) is 0 Å². The summed E-state index contributed by atoms with van der Waals surface area (Å²) in [5.41, 5.74) is 0.638. The van der Waals surface area contributed by atoms with Crippen molar-refractivity contribution in [2.75, 3.05) is 0 Å². The molecule has 1 aromatic heterocycles. The van der Waals surface area contributed by atoms with Gasteiger partial charge in [0.25, 0.3) is 0 Å². The molecule has 2 aromatic rings. The van der Waals surface area contributed by atoms with E-state index in [1.807, 2.05) is 0 Å². The molecule has 0 atom stereocenters. The number of hydrogen-bond donors (Lipinski definition) is 1. The van der Waals surface area contributed by atoms with Crippen LogP contribution in [0.2, 0.25) is 0 Å². The van der Waals surface area contributed by atoms with Crippen LogP contribution >= 0.6 is 0 Å². The summed E-state index contributed by atoms with van der Waals surface area (Å²) in [4.78, 5) is 3.92. The summed E-state index contributed by atoms with van der Waals surface area (Å²) >= 11 is 0. The van der Waals surface area contributed by atoms with Crippen molar-refractivity contribution < 1.29 is 13.5 Å². The molecule has 0 saturated carbocycles. The molecule has 1 N–H and O–H groups in total. The zero-order chi connectivity index (χ0) is 11.4. The fourth-order valence-electron chi connectivity index (χ4n) is 1.36. The molecule has 0 unspecified atom stereocenters. The van der Waals surface area contributed by atoms with Crippen molar-refractivity contribution in [1.29, 1.82) is 0 Å². The zero-order valence-corrected chi connectivity index (χ0v) is 8.23. The van der Waals surface area contributed by atoms with Gasteiger partial charge in [-0.3, -0.25) is 5.10 Å². The van der Waals surface area contributed by atoms with Crippen LogP contribution in [0.4, 0.5) is 8.78 Å². The lowest BCUT2D eigenvalue weighted by molar-refractivity contribution is -0.0504. The molecule has 84 valence electrons. The molecule has 1 aromatic carbocycles. The Bertz CT molecular complexity index is 445. The van der Waals surface area contributed by atoms with E-state index in [9.17, 15) is 8.78 Å². The summed E-state index contributed by atoms with van der Waals surface area (Å²) < 4.78 is 28.6. The Morgan fingerprint density at radius 2 is 2.12 bits per heavy atom. The van der Waals surface area contributed by atoms with Crippen LogP contribution < -0.4 is 4.74 Å². The second-order valence-electron chi connectivity index (χ2n) is 3.10. The van der Waals surface area contributed by atoms with Gasteiger partial charge in [0.15, 0.2) is 0 Å². The monoisotopic (exact) mass is 225 g/mol. The number of H-pyrrole nitrogens is 1. The van der Waals surface area contributed by atoms with E-state index in [0.29, 0.717) is 17.8 Å². The maximum absolute atomic E-state index is 12.1. The average Bonchev–Trinajstić information content (AvgIpc) is 2.73. The average molecular weight is 225 g/mol. The van der Waals surface area contributed by atoms with Gasteiger partial charge in [0.2, 0.25) is 0 Å². The number of rotatable bonds is 4. The molecule has 16 heavy (non-hydrogen) atoms. The summed E-state index contributed by atoms with van der Waals surface area (Å²) in [5, 5.41) is 6.35. The summed E-state index contributed by atoms with van der Waals surface area (Å²) in [7, 11) is 0. The molecule has 0 radical (unpaired) electrons. The van der Waals surface area contributed by atoms with Gasteiger partial charge in [-0.05, 0) is 6.07 Å². The first-order valence-electron chi connectivity index (χ1n) is 4.62. The van der Waals surface area contributed by atoms with E-state index in [1.165, 1.54) is 12.4 Å². The maximum Gasteiger partial charge on any atom is 0.387 e. The fraction of sp³-hybridized carbons (Fsp3) is 0.200. The van der Waals surface area contributed by atoms with E-state index in [2.05, 4.69) is 19.9 Å². The van der Waals surface area contributed by atoms with Crippen molar-refractivity contribution in [3.8, 4) is 5.75 Å². The Morgan fingerprint density at radius 1 is 1.31 bits per heavy atom. The maximum atomic E-state index is 12.1. The number of alkyl halides is 2. The quantitative estimate of drug-likeness (QED) is 0.865. The number of aromatic amines is 1. The highest BCUT2D eigenvalue weighted by molar-refractivity contribution is 5.35. The Kier molecular flexibility index (Phi) is 3.09. The van der Waals surface area contributed by atoms with E-state index < -0.39 is 6.61 Å². The minimum atomic E-state index is -2.82. The Hall–Kier alpha value is -1.98. The van der Waals surface area contributed by atoms with Gasteiger partial charge in [0.1, 0.15) is 17.9 Å². The summed E-state index contributed by atoms with van der Waals surface area (Å²) in [6.45, 7) is -2.82. The van der Waals surface area contributed by atoms with Crippen molar-refractivity contribution in [2.24, 2.45) is 0 Å². The second kappa shape index (κ2) is 4.69. The van der Waals surface area contributed by atoms with Crippen LogP contribution in [0.5, 0.6) is 5.75 Å². The number of ether oxygens (including phenoxy) is 1. The van der Waals surface area contributed by atoms with E-state index >= 15 is 0 Å². The smallest absolute Gasteiger partial charge is 0.387 e. The van der Waals surface area contributed by atoms with Crippen molar-refractivity contribution in [1.82, 2.24) is 15.2 Å². The van der Waals surface area contributed by atoms with Gasteiger partial charge < -0.3 is 4.74 Å². The zero-order valence-electron chi connectivity index (χ0n) is 8.23. The highest BCUT2D eigenvalue weighted by atomic mass is 19.3. The summed E-state index contributed by atoms with van der Waals surface area (Å²) in [6.07, 6.45) is 1.74. The number of hydrogen-bond acceptors (Lipinski definition) is 3. The number of benzene rings is 1. The standard InChI is InChI=1S/C10H9F2N3O/c11-10(12)16-8-4-2-1-3-7(8)5-9-13-6-14-15-9/h1-4,6,10H,5H2,(H,13,14,15). The molecule has 0 fully saturated rings. The molecule has 0 saturated heterocycles. The highest BCUT2D eigenvalue weighted by Crippen LogP contribution is 2.21. The normalized spacial score (nSPS) is 10.7. The lowest BCUT2D eigenvalue weighted by Crippen LogP contribution is -2.05. The molecule has 0 bridgehead atoms. The van der Waals surface area contributed by atoms with Gasteiger partial charge >= 0.3 is 6.61 Å². The van der Waals surface area contributed by atoms with E-state index in [0.717, 1.165) is 0 Å². The molecule has 6 heteroatoms. The molecule has 0 aliphatic carbocycles. The van der Waals surface area contributed by atoms with E-state index in [1.54, 1.807) is 18.2 Å². The predicted octanol–water partition coefficient (Wildman–Crippen LogP) is 2.00. The van der Waals surface area contributed by atoms with Crippen LogP contribution in [0, 0.1) is 0 Å². The third-order valence-electron chi connectivity index (χ3n) is 2.01. The number of nitrogens with one attached hydrogen (secondary N) is 1. The molecule has 2 rings (SSSR count). The minimum absolute atomic E-state index is 0.161. The number of halogens is 2. The molecule has 0 aliphatic rings. The Labute approximate surface area is 90.3 Å². The lowest BCUT2D eigenvalue weighted by atomic mass is 10.1. The fourth-order valence-corrected chi connectivity index (χ4v) is 1.36. The first kappa shape index (κ1) is 10.5. The third-order valence-corrected chi connectivity index (χ3v) is 2.01. The molecule has 0 amide bonds. The molecule has 4 nitrogen and oxygen atoms in total. The molecular formula is C10H9F2N3O. The predicted molar refractivity (Wildman–Crippen MR) is 52.3 cm³/mol. The van der Waals surface area contributed by atoms with Crippen molar-refractivity contribution >= 4 is 0 Å². The molecule has 0 spiro atoms. The van der Waals surface area contributed by atoms with Crippen LogP contribution in [0.3, 0.4) is 0 Å². The Balaban J connectivity index is 2.19. The van der Waals surface area contributed by atoms with Gasteiger partial charge in [-0.15, -0.1) is 0 Å². The molecular weight excluding hydrogens is 216 g/mol. The van der Waals surface area contributed by atoms with Crippen molar-refractivity contribution in [3.63, 3.8) is 0 Å². The topological polar surface area (TPSA) is 50.8 Å². The Morgan fingerprint density at radius 3 is 2.81 bits per heavy atom. The van der Waals surface area contributed by atoms with Gasteiger partial charge in [0.05, 0.1) is 0 Å². The highest BCUT2D eigenvalue weighted by Gasteiger charge is 2.10. The van der Waals surface area contributed by atoms with Gasteiger partial charge in [-0.1, -0.05) is 18.2 Å². The summed E-state index contributed by atoms with van der Waals surface area (Å²) in [5.74, 6) is 0.763. The van der Waals surface area contributed by atoms with Crippen LogP contribution in [0.1, 0.15) is 11.4 Å². The molecule has 0 aliphatic heterocycles. The number of aromatic nitrogens is 3. The lowest BCUT2D eigenvalue weighted by Gasteiger charge is -2.08. The molecule has 1 heterocycles. The first-order chi connectivity index (χ1) is 7.75. The number of nitrogens with zero attached hydrogens (tertiary/aromatic N) is 2. The van der Waals surface area contributed by atoms with Crippen molar-refractivity contribution in [2.45, 2.75) is 13.0 Å². The second-order valence-corrected chi connectivity index (χ2v) is 3.10. The van der Waals surface area contributed by atoms with Crippen LogP contribution in [-0.2, 0) is 6.42 Å². The van der Waals surface area contributed by atoms with Crippen LogP contribution in [0.25, 0.3) is 0 Å². The van der Waals surface area contributed by atoms with Gasteiger partial charge in [0, 0.05) is 12.0 Å². The third kappa shape index (κ3) is 2.53. The van der Waals surface area contributed by atoms with E-state index in [-0.39, 0.29) is 5.75 Å². The van der Waals surface area contributed by atoms with Crippen molar-refractivity contribution in [3.05, 3.63) is 42.0 Å². The number of para-hydroxylation sites is 1. The first-order valence-corrected chi connectivity index (χ1v) is 4.62. The largest absolute Gasteiger partial charge is 0.435 e. The minimum Gasteiger partial charge on any atom is -0.435 e. The van der Waals surface area contributed by atoms with Gasteiger partial charge in [-0.2, -0.15) is 13.9 Å². The SMILES string of the molecule is FC(F)Oc1ccccc1Cc1ncn[nH]1.